The third-order valence-corrected chi connectivity index (χ3v) is 3.70. The molecule has 1 saturated heterocycles. The fourth-order valence-corrected chi connectivity index (χ4v) is 2.59. The molecule has 0 aliphatic carbocycles. The third kappa shape index (κ3) is 3.01. The second-order valence-corrected chi connectivity index (χ2v) is 5.10. The van der Waals surface area contributed by atoms with Crippen LogP contribution in [0.5, 0.6) is 0 Å². The molecule has 1 fully saturated rings. The van der Waals surface area contributed by atoms with E-state index in [9.17, 15) is 24.8 Å². The van der Waals surface area contributed by atoms with Gasteiger partial charge in [0.1, 0.15) is 6.04 Å². The maximum atomic E-state index is 12.5. The Morgan fingerprint density at radius 2 is 2.10 bits per heavy atom. The molecule has 1 aliphatic heterocycles. The molecular formula is C14H16N2O5. The van der Waals surface area contributed by atoms with Gasteiger partial charge in [0.2, 0.25) is 0 Å². The van der Waals surface area contributed by atoms with Crippen LogP contribution >= 0.6 is 0 Å². The zero-order valence-electron chi connectivity index (χ0n) is 11.6. The summed E-state index contributed by atoms with van der Waals surface area (Å²) in [6, 6.07) is 3.16. The van der Waals surface area contributed by atoms with Crippen LogP contribution in [0.15, 0.2) is 18.2 Å². The molecule has 112 valence electrons. The number of nitro benzene ring substituents is 1. The average Bonchev–Trinajstić information content (AvgIpc) is 2.46. The minimum absolute atomic E-state index is 0.0857. The van der Waals surface area contributed by atoms with Crippen molar-refractivity contribution in [3.8, 4) is 0 Å². The first-order valence-electron chi connectivity index (χ1n) is 6.70. The van der Waals surface area contributed by atoms with Crippen molar-refractivity contribution in [1.82, 2.24) is 4.90 Å². The Kier molecular flexibility index (Phi) is 4.21. The fraction of sp³-hybridized carbons (Fsp3) is 0.429. The minimum Gasteiger partial charge on any atom is -0.480 e. The number of carbonyl (C=O) groups is 2. The van der Waals surface area contributed by atoms with E-state index in [0.29, 0.717) is 24.1 Å². The van der Waals surface area contributed by atoms with Crippen molar-refractivity contribution in [3.05, 3.63) is 39.4 Å². The number of carboxylic acid groups (broad SMARTS) is 1. The summed E-state index contributed by atoms with van der Waals surface area (Å²) in [5.74, 6) is -1.39. The standard InChI is InChI=1S/C14H16N2O5/c1-9-8-10(16(20)21)5-6-11(9)13(17)15-7-3-2-4-12(15)14(18)19/h5-6,8,12H,2-4,7H2,1H3,(H,18,19). The number of piperidine rings is 1. The Labute approximate surface area is 121 Å². The van der Waals surface area contributed by atoms with E-state index in [1.54, 1.807) is 6.92 Å². The summed E-state index contributed by atoms with van der Waals surface area (Å²) >= 11 is 0. The number of nitro groups is 1. The largest absolute Gasteiger partial charge is 0.480 e. The Balaban J connectivity index is 2.30. The molecule has 21 heavy (non-hydrogen) atoms. The Hall–Kier alpha value is -2.44. The molecule has 1 aromatic rings. The van der Waals surface area contributed by atoms with Crippen LogP contribution < -0.4 is 0 Å². The van der Waals surface area contributed by atoms with Gasteiger partial charge in [0.25, 0.3) is 11.6 Å². The van der Waals surface area contributed by atoms with Crippen molar-refractivity contribution in [3.63, 3.8) is 0 Å². The number of amides is 1. The predicted molar refractivity (Wildman–Crippen MR) is 74.1 cm³/mol. The zero-order chi connectivity index (χ0) is 15.6. The number of aryl methyl sites for hydroxylation is 1. The molecule has 1 unspecified atom stereocenters. The van der Waals surface area contributed by atoms with Crippen LogP contribution in [0.2, 0.25) is 0 Å². The van der Waals surface area contributed by atoms with Gasteiger partial charge in [-0.3, -0.25) is 14.9 Å². The van der Waals surface area contributed by atoms with Gasteiger partial charge >= 0.3 is 5.97 Å². The summed E-state index contributed by atoms with van der Waals surface area (Å²) in [6.07, 6.45) is 1.98. The van der Waals surface area contributed by atoms with Crippen molar-refractivity contribution < 1.29 is 19.6 Å². The van der Waals surface area contributed by atoms with Gasteiger partial charge in [-0.2, -0.15) is 0 Å². The number of carbonyl (C=O) groups excluding carboxylic acids is 1. The lowest BCUT2D eigenvalue weighted by Crippen LogP contribution is -2.48. The van der Waals surface area contributed by atoms with Gasteiger partial charge in [-0.25, -0.2) is 4.79 Å². The van der Waals surface area contributed by atoms with Crippen LogP contribution in [0.3, 0.4) is 0 Å². The Bertz CT molecular complexity index is 599. The van der Waals surface area contributed by atoms with Gasteiger partial charge in [0.15, 0.2) is 0 Å². The van der Waals surface area contributed by atoms with Gasteiger partial charge in [-0.05, 0) is 37.8 Å². The van der Waals surface area contributed by atoms with E-state index in [2.05, 4.69) is 0 Å². The number of non-ortho nitro benzene ring substituents is 1. The van der Waals surface area contributed by atoms with Crippen LogP contribution in [0.25, 0.3) is 0 Å². The summed E-state index contributed by atoms with van der Waals surface area (Å²) in [5.41, 5.74) is 0.704. The van der Waals surface area contributed by atoms with Crippen molar-refractivity contribution in [1.29, 1.82) is 0 Å². The monoisotopic (exact) mass is 292 g/mol. The molecule has 1 atom stereocenters. The highest BCUT2D eigenvalue weighted by Crippen LogP contribution is 2.23. The smallest absolute Gasteiger partial charge is 0.326 e. The number of hydrogen-bond acceptors (Lipinski definition) is 4. The number of hydrogen-bond donors (Lipinski definition) is 1. The molecule has 0 saturated carbocycles. The van der Waals surface area contributed by atoms with Gasteiger partial charge in [0, 0.05) is 24.2 Å². The van der Waals surface area contributed by atoms with Crippen molar-refractivity contribution in [2.75, 3.05) is 6.54 Å². The van der Waals surface area contributed by atoms with Crippen LogP contribution in [0.1, 0.15) is 35.2 Å². The van der Waals surface area contributed by atoms with E-state index in [1.165, 1.54) is 23.1 Å². The second-order valence-electron chi connectivity index (χ2n) is 5.10. The minimum atomic E-state index is -1.01. The second kappa shape index (κ2) is 5.90. The zero-order valence-corrected chi connectivity index (χ0v) is 11.6. The van der Waals surface area contributed by atoms with Crippen LogP contribution in [0, 0.1) is 17.0 Å². The fourth-order valence-electron chi connectivity index (χ4n) is 2.59. The SMILES string of the molecule is Cc1cc([N+](=O)[O-])ccc1C(=O)N1CCCCC1C(=O)O. The summed E-state index contributed by atoms with van der Waals surface area (Å²) in [5, 5.41) is 19.9. The first kappa shape index (κ1) is 15.0. The molecule has 1 N–H and O–H groups in total. The number of carboxylic acids is 1. The van der Waals surface area contributed by atoms with E-state index in [0.717, 1.165) is 12.8 Å². The molecule has 0 spiro atoms. The first-order valence-corrected chi connectivity index (χ1v) is 6.70. The van der Waals surface area contributed by atoms with E-state index in [1.807, 2.05) is 0 Å². The summed E-state index contributed by atoms with van der Waals surface area (Å²) in [4.78, 5) is 35.3. The lowest BCUT2D eigenvalue weighted by Gasteiger charge is -2.33. The van der Waals surface area contributed by atoms with E-state index >= 15 is 0 Å². The topological polar surface area (TPSA) is 101 Å². The molecule has 7 nitrogen and oxygen atoms in total. The molecule has 1 amide bonds. The van der Waals surface area contributed by atoms with Gasteiger partial charge in [-0.1, -0.05) is 0 Å². The van der Waals surface area contributed by atoms with Gasteiger partial charge in [0.05, 0.1) is 4.92 Å². The van der Waals surface area contributed by atoms with Crippen LogP contribution in [0.4, 0.5) is 5.69 Å². The highest BCUT2D eigenvalue weighted by atomic mass is 16.6. The Morgan fingerprint density at radius 3 is 2.67 bits per heavy atom. The maximum Gasteiger partial charge on any atom is 0.326 e. The number of likely N-dealkylation sites (tertiary alicyclic amines) is 1. The third-order valence-electron chi connectivity index (χ3n) is 3.70. The molecule has 1 aromatic carbocycles. The normalized spacial score (nSPS) is 18.3. The molecule has 2 rings (SSSR count). The molecule has 1 heterocycles. The average molecular weight is 292 g/mol. The van der Waals surface area contributed by atoms with Crippen molar-refractivity contribution >= 4 is 17.6 Å². The summed E-state index contributed by atoms with van der Waals surface area (Å²) in [6.45, 7) is 2.01. The summed E-state index contributed by atoms with van der Waals surface area (Å²) in [7, 11) is 0. The molecule has 0 aromatic heterocycles. The van der Waals surface area contributed by atoms with Crippen molar-refractivity contribution in [2.24, 2.45) is 0 Å². The highest BCUT2D eigenvalue weighted by molar-refractivity contribution is 5.98. The Morgan fingerprint density at radius 1 is 1.38 bits per heavy atom. The van der Waals surface area contributed by atoms with Crippen LogP contribution in [-0.4, -0.2) is 39.4 Å². The molecular weight excluding hydrogens is 276 g/mol. The van der Waals surface area contributed by atoms with Crippen LogP contribution in [-0.2, 0) is 4.79 Å². The quantitative estimate of drug-likeness (QED) is 0.678. The number of aliphatic carboxylic acids is 1. The van der Waals surface area contributed by atoms with Gasteiger partial charge in [-0.15, -0.1) is 0 Å². The lowest BCUT2D eigenvalue weighted by molar-refractivity contribution is -0.384. The molecule has 0 bridgehead atoms. The highest BCUT2D eigenvalue weighted by Gasteiger charge is 2.33. The number of benzene rings is 1. The van der Waals surface area contributed by atoms with E-state index in [-0.39, 0.29) is 11.6 Å². The first-order chi connectivity index (χ1) is 9.91. The van der Waals surface area contributed by atoms with Crippen molar-refractivity contribution in [2.45, 2.75) is 32.2 Å². The predicted octanol–water partition coefficient (Wildman–Crippen LogP) is 1.98. The maximum absolute atomic E-state index is 12.5. The number of rotatable bonds is 3. The summed E-state index contributed by atoms with van der Waals surface area (Å²) < 4.78 is 0. The molecule has 1 aliphatic rings. The van der Waals surface area contributed by atoms with E-state index < -0.39 is 16.9 Å². The molecule has 0 radical (unpaired) electrons. The lowest BCUT2D eigenvalue weighted by atomic mass is 9.99. The van der Waals surface area contributed by atoms with E-state index in [4.69, 9.17) is 0 Å². The number of nitrogens with zero attached hydrogens (tertiary/aromatic N) is 2. The van der Waals surface area contributed by atoms with Gasteiger partial charge < -0.3 is 10.0 Å². The molecule has 7 heteroatoms.